The summed E-state index contributed by atoms with van der Waals surface area (Å²) in [5.74, 6) is 0.0860. The Morgan fingerprint density at radius 1 is 1.52 bits per heavy atom. The van der Waals surface area contributed by atoms with Crippen LogP contribution in [0.4, 0.5) is 11.6 Å². The number of methoxy groups -OCH3 is 1. The van der Waals surface area contributed by atoms with Crippen molar-refractivity contribution >= 4 is 39.2 Å². The molecule has 0 atom stereocenters. The minimum atomic E-state index is -0.424. The monoisotopic (exact) mass is 310 g/mol. The highest BCUT2D eigenvalue weighted by molar-refractivity contribution is 7.21. The summed E-state index contributed by atoms with van der Waals surface area (Å²) in [5.41, 5.74) is 6.33. The summed E-state index contributed by atoms with van der Waals surface area (Å²) >= 11 is 1.21. The first-order valence-corrected chi connectivity index (χ1v) is 7.44. The van der Waals surface area contributed by atoms with Gasteiger partial charge in [-0.2, -0.15) is 0 Å². The van der Waals surface area contributed by atoms with Crippen LogP contribution in [0, 0.1) is 0 Å². The molecule has 8 heteroatoms. The summed E-state index contributed by atoms with van der Waals surface area (Å²) in [6, 6.07) is 0. The van der Waals surface area contributed by atoms with Crippen LogP contribution in [0.1, 0.15) is 23.0 Å². The molecule has 2 heterocycles. The fourth-order valence-electron chi connectivity index (χ4n) is 1.75. The zero-order valence-corrected chi connectivity index (χ0v) is 12.8. The number of fused-ring (bicyclic) bond motifs is 1. The third-order valence-corrected chi connectivity index (χ3v) is 3.85. The molecule has 0 spiro atoms. The van der Waals surface area contributed by atoms with Crippen LogP contribution in [0.3, 0.4) is 0 Å². The van der Waals surface area contributed by atoms with Crippen molar-refractivity contribution < 1.29 is 14.3 Å². The predicted octanol–water partition coefficient (Wildman–Crippen LogP) is 1.90. The molecule has 0 aliphatic heterocycles. The summed E-state index contributed by atoms with van der Waals surface area (Å²) in [7, 11) is 1.66. The molecule has 114 valence electrons. The Hall–Kier alpha value is -1.93. The zero-order valence-electron chi connectivity index (χ0n) is 12.0. The van der Waals surface area contributed by atoms with Crippen molar-refractivity contribution in [1.29, 1.82) is 0 Å². The van der Waals surface area contributed by atoms with Crippen LogP contribution in [0.5, 0.6) is 0 Å². The molecule has 0 fully saturated rings. The first kappa shape index (κ1) is 15.5. The Bertz CT molecular complexity index is 629. The lowest BCUT2D eigenvalue weighted by Crippen LogP contribution is -2.07. The first-order chi connectivity index (χ1) is 10.2. The number of esters is 1. The van der Waals surface area contributed by atoms with E-state index in [2.05, 4.69) is 15.3 Å². The second kappa shape index (κ2) is 7.19. The SMILES string of the molecule is CCOC(=O)c1sc2nc(NCCCOC)ncc2c1N. The second-order valence-corrected chi connectivity index (χ2v) is 5.25. The summed E-state index contributed by atoms with van der Waals surface area (Å²) in [5, 5.41) is 3.77. The van der Waals surface area contributed by atoms with Gasteiger partial charge >= 0.3 is 5.97 Å². The molecule has 21 heavy (non-hydrogen) atoms. The average molecular weight is 310 g/mol. The average Bonchev–Trinajstić information content (AvgIpc) is 2.81. The van der Waals surface area contributed by atoms with Gasteiger partial charge in [-0.1, -0.05) is 0 Å². The molecule has 0 amide bonds. The molecular weight excluding hydrogens is 292 g/mol. The number of hydrogen-bond donors (Lipinski definition) is 2. The van der Waals surface area contributed by atoms with Gasteiger partial charge in [-0.3, -0.25) is 0 Å². The van der Waals surface area contributed by atoms with E-state index in [9.17, 15) is 4.79 Å². The molecule has 0 aromatic carbocycles. The number of carbonyl (C=O) groups is 1. The van der Waals surface area contributed by atoms with Gasteiger partial charge in [0, 0.05) is 26.5 Å². The van der Waals surface area contributed by atoms with E-state index in [0.29, 0.717) is 46.5 Å². The zero-order chi connectivity index (χ0) is 15.2. The summed E-state index contributed by atoms with van der Waals surface area (Å²) < 4.78 is 9.95. The van der Waals surface area contributed by atoms with Crippen LogP contribution in [-0.2, 0) is 9.47 Å². The smallest absolute Gasteiger partial charge is 0.350 e. The van der Waals surface area contributed by atoms with Crippen molar-refractivity contribution in [3.8, 4) is 0 Å². The quantitative estimate of drug-likeness (QED) is 0.595. The molecule has 0 saturated carbocycles. The van der Waals surface area contributed by atoms with Crippen molar-refractivity contribution in [2.24, 2.45) is 0 Å². The van der Waals surface area contributed by atoms with Crippen LogP contribution in [0.25, 0.3) is 10.2 Å². The van der Waals surface area contributed by atoms with Gasteiger partial charge in [0.25, 0.3) is 0 Å². The number of hydrogen-bond acceptors (Lipinski definition) is 8. The van der Waals surface area contributed by atoms with Crippen LogP contribution < -0.4 is 11.1 Å². The number of nitrogen functional groups attached to an aromatic ring is 1. The highest BCUT2D eigenvalue weighted by Crippen LogP contribution is 2.32. The lowest BCUT2D eigenvalue weighted by molar-refractivity contribution is 0.0533. The number of anilines is 2. The van der Waals surface area contributed by atoms with Gasteiger partial charge in [0.15, 0.2) is 0 Å². The molecule has 2 aromatic heterocycles. The Kier molecular flexibility index (Phi) is 5.29. The van der Waals surface area contributed by atoms with E-state index >= 15 is 0 Å². The number of nitrogens with zero attached hydrogens (tertiary/aromatic N) is 2. The molecule has 0 radical (unpaired) electrons. The Labute approximate surface area is 126 Å². The Morgan fingerprint density at radius 2 is 2.33 bits per heavy atom. The van der Waals surface area contributed by atoms with Gasteiger partial charge < -0.3 is 20.5 Å². The van der Waals surface area contributed by atoms with Crippen molar-refractivity contribution in [2.45, 2.75) is 13.3 Å². The standard InChI is InChI=1S/C13H18N4O3S/c1-3-20-12(18)10-9(14)8-7-16-13(17-11(8)21-10)15-5-4-6-19-2/h7H,3-6,14H2,1-2H3,(H,15,16,17). The van der Waals surface area contributed by atoms with E-state index in [4.69, 9.17) is 15.2 Å². The van der Waals surface area contributed by atoms with Crippen molar-refractivity contribution in [1.82, 2.24) is 9.97 Å². The minimum Gasteiger partial charge on any atom is -0.462 e. The van der Waals surface area contributed by atoms with Crippen molar-refractivity contribution in [3.05, 3.63) is 11.1 Å². The molecule has 2 rings (SSSR count). The minimum absolute atomic E-state index is 0.310. The Balaban J connectivity index is 2.17. The van der Waals surface area contributed by atoms with E-state index in [1.165, 1.54) is 11.3 Å². The van der Waals surface area contributed by atoms with E-state index in [0.717, 1.165) is 6.42 Å². The van der Waals surface area contributed by atoms with Gasteiger partial charge in [0.2, 0.25) is 5.95 Å². The number of aromatic nitrogens is 2. The van der Waals surface area contributed by atoms with Crippen LogP contribution >= 0.6 is 11.3 Å². The lowest BCUT2D eigenvalue weighted by Gasteiger charge is -2.03. The maximum atomic E-state index is 11.8. The van der Waals surface area contributed by atoms with E-state index in [1.54, 1.807) is 20.2 Å². The van der Waals surface area contributed by atoms with Crippen molar-refractivity contribution in [2.75, 3.05) is 37.9 Å². The fourth-order valence-corrected chi connectivity index (χ4v) is 2.71. The molecule has 0 unspecified atom stereocenters. The van der Waals surface area contributed by atoms with Crippen molar-refractivity contribution in [3.63, 3.8) is 0 Å². The van der Waals surface area contributed by atoms with Gasteiger partial charge in [-0.05, 0) is 13.3 Å². The first-order valence-electron chi connectivity index (χ1n) is 6.62. The summed E-state index contributed by atoms with van der Waals surface area (Å²) in [6.45, 7) is 3.45. The molecule has 3 N–H and O–H groups in total. The molecule has 0 saturated heterocycles. The van der Waals surface area contributed by atoms with Gasteiger partial charge in [-0.15, -0.1) is 11.3 Å². The normalized spacial score (nSPS) is 10.8. The van der Waals surface area contributed by atoms with Gasteiger partial charge in [-0.25, -0.2) is 14.8 Å². The third-order valence-electron chi connectivity index (χ3n) is 2.76. The summed E-state index contributed by atoms with van der Waals surface area (Å²) in [6.07, 6.45) is 2.48. The number of nitrogens with one attached hydrogen (secondary N) is 1. The number of carbonyl (C=O) groups excluding carboxylic acids is 1. The number of nitrogens with two attached hydrogens (primary N) is 1. The maximum Gasteiger partial charge on any atom is 0.350 e. The molecule has 0 aliphatic carbocycles. The molecule has 2 aromatic rings. The number of rotatable bonds is 7. The Morgan fingerprint density at radius 3 is 3.05 bits per heavy atom. The van der Waals surface area contributed by atoms with Crippen LogP contribution in [-0.4, -0.2) is 42.8 Å². The van der Waals surface area contributed by atoms with Crippen LogP contribution in [0.15, 0.2) is 6.20 Å². The highest BCUT2D eigenvalue weighted by Gasteiger charge is 2.18. The van der Waals surface area contributed by atoms with Crippen LogP contribution in [0.2, 0.25) is 0 Å². The number of ether oxygens (including phenoxy) is 2. The van der Waals surface area contributed by atoms with E-state index in [1.807, 2.05) is 0 Å². The third kappa shape index (κ3) is 3.59. The van der Waals surface area contributed by atoms with Gasteiger partial charge in [0.05, 0.1) is 17.7 Å². The fraction of sp³-hybridized carbons (Fsp3) is 0.462. The highest BCUT2D eigenvalue weighted by atomic mass is 32.1. The van der Waals surface area contributed by atoms with Gasteiger partial charge in [0.1, 0.15) is 9.71 Å². The predicted molar refractivity (Wildman–Crippen MR) is 82.8 cm³/mol. The molecule has 7 nitrogen and oxygen atoms in total. The maximum absolute atomic E-state index is 11.8. The second-order valence-electron chi connectivity index (χ2n) is 4.25. The topological polar surface area (TPSA) is 99.4 Å². The van der Waals surface area contributed by atoms with E-state index < -0.39 is 5.97 Å². The lowest BCUT2D eigenvalue weighted by atomic mass is 10.3. The number of thiophene rings is 1. The summed E-state index contributed by atoms with van der Waals surface area (Å²) in [4.78, 5) is 21.4. The molecule has 0 bridgehead atoms. The molecule has 0 aliphatic rings. The van der Waals surface area contributed by atoms with E-state index in [-0.39, 0.29) is 0 Å². The largest absolute Gasteiger partial charge is 0.462 e. The molecular formula is C13H18N4O3S.